The summed E-state index contributed by atoms with van der Waals surface area (Å²) in [6.45, 7) is 7.90. The highest BCUT2D eigenvalue weighted by Crippen LogP contribution is 2.36. The van der Waals surface area contributed by atoms with Gasteiger partial charge in [-0.3, -0.25) is 14.6 Å². The molecule has 0 spiro atoms. The Morgan fingerprint density at radius 1 is 1.00 bits per heavy atom. The van der Waals surface area contributed by atoms with Crippen molar-refractivity contribution in [2.75, 3.05) is 62.7 Å². The maximum Gasteiger partial charge on any atom is 0.416 e. The molecular weight excluding hydrogens is 445 g/mol. The van der Waals surface area contributed by atoms with E-state index >= 15 is 0 Å². The number of nitrogens with zero attached hydrogens (tertiary/aromatic N) is 3. The monoisotopic (exact) mass is 476 g/mol. The molecule has 184 valence electrons. The van der Waals surface area contributed by atoms with Crippen LogP contribution in [0.5, 0.6) is 0 Å². The fourth-order valence-corrected chi connectivity index (χ4v) is 4.45. The molecule has 2 aliphatic rings. The van der Waals surface area contributed by atoms with Crippen molar-refractivity contribution in [3.63, 3.8) is 0 Å². The van der Waals surface area contributed by atoms with E-state index in [0.717, 1.165) is 44.9 Å². The molecule has 2 heterocycles. The lowest BCUT2D eigenvalue weighted by Gasteiger charge is -2.37. The van der Waals surface area contributed by atoms with Gasteiger partial charge in [-0.1, -0.05) is 30.3 Å². The number of carbonyl (C=O) groups excluding carboxylic acids is 1. The predicted octanol–water partition coefficient (Wildman–Crippen LogP) is 3.69. The SMILES string of the molecule is C[C@@H](C(=O)Nc1cc(C(F)(F)F)ccc1N1CCOCC1)N1CCN(Cc2ccccc2)CC1. The van der Waals surface area contributed by atoms with Crippen LogP contribution in [0.3, 0.4) is 0 Å². The quantitative estimate of drug-likeness (QED) is 0.689. The van der Waals surface area contributed by atoms with Crippen molar-refractivity contribution in [3.8, 4) is 0 Å². The summed E-state index contributed by atoms with van der Waals surface area (Å²) in [6.07, 6.45) is -4.48. The Morgan fingerprint density at radius 3 is 2.32 bits per heavy atom. The molecule has 2 saturated heterocycles. The van der Waals surface area contributed by atoms with Gasteiger partial charge in [0.1, 0.15) is 0 Å². The zero-order chi connectivity index (χ0) is 24.1. The highest BCUT2D eigenvalue weighted by molar-refractivity contribution is 5.97. The molecule has 6 nitrogen and oxygen atoms in total. The number of halogens is 3. The summed E-state index contributed by atoms with van der Waals surface area (Å²) in [5, 5.41) is 2.79. The Kier molecular flexibility index (Phi) is 7.75. The highest BCUT2D eigenvalue weighted by atomic mass is 19.4. The van der Waals surface area contributed by atoms with Gasteiger partial charge in [0, 0.05) is 45.8 Å². The largest absolute Gasteiger partial charge is 0.416 e. The Labute approximate surface area is 198 Å². The van der Waals surface area contributed by atoms with E-state index in [1.807, 2.05) is 30.0 Å². The Hall–Kier alpha value is -2.62. The van der Waals surface area contributed by atoms with Crippen LogP contribution >= 0.6 is 0 Å². The number of benzene rings is 2. The summed E-state index contributed by atoms with van der Waals surface area (Å²) in [6, 6.07) is 13.3. The van der Waals surface area contributed by atoms with Crippen LogP contribution in [0.25, 0.3) is 0 Å². The molecule has 2 aliphatic heterocycles. The molecule has 0 aromatic heterocycles. The lowest BCUT2D eigenvalue weighted by Crippen LogP contribution is -2.52. The van der Waals surface area contributed by atoms with E-state index in [2.05, 4.69) is 27.2 Å². The van der Waals surface area contributed by atoms with E-state index < -0.39 is 17.8 Å². The first-order valence-electron chi connectivity index (χ1n) is 11.7. The molecule has 2 fully saturated rings. The number of amides is 1. The number of alkyl halides is 3. The van der Waals surface area contributed by atoms with Gasteiger partial charge in [-0.05, 0) is 30.7 Å². The molecule has 0 saturated carbocycles. The van der Waals surface area contributed by atoms with Crippen molar-refractivity contribution >= 4 is 17.3 Å². The van der Waals surface area contributed by atoms with E-state index in [0.29, 0.717) is 32.0 Å². The molecule has 0 aliphatic carbocycles. The van der Waals surface area contributed by atoms with Gasteiger partial charge in [-0.25, -0.2) is 0 Å². The second kappa shape index (κ2) is 10.8. The molecule has 2 aromatic carbocycles. The zero-order valence-corrected chi connectivity index (χ0v) is 19.4. The first kappa shape index (κ1) is 24.5. The molecule has 0 unspecified atom stereocenters. The van der Waals surface area contributed by atoms with Gasteiger partial charge in [0.25, 0.3) is 0 Å². The second-order valence-corrected chi connectivity index (χ2v) is 8.79. The number of carbonyl (C=O) groups is 1. The van der Waals surface area contributed by atoms with Crippen LogP contribution in [-0.4, -0.2) is 74.2 Å². The number of anilines is 2. The molecular formula is C25H31F3N4O2. The molecule has 2 aromatic rings. The molecule has 1 N–H and O–H groups in total. The fourth-order valence-electron chi connectivity index (χ4n) is 4.45. The van der Waals surface area contributed by atoms with Crippen LogP contribution in [0.1, 0.15) is 18.1 Å². The van der Waals surface area contributed by atoms with Gasteiger partial charge in [0.05, 0.1) is 36.2 Å². The molecule has 1 atom stereocenters. The van der Waals surface area contributed by atoms with E-state index in [4.69, 9.17) is 4.74 Å². The Bertz CT molecular complexity index is 956. The summed E-state index contributed by atoms with van der Waals surface area (Å²) in [7, 11) is 0. The maximum atomic E-state index is 13.4. The number of hydrogen-bond acceptors (Lipinski definition) is 5. The summed E-state index contributed by atoms with van der Waals surface area (Å²) < 4.78 is 45.5. The van der Waals surface area contributed by atoms with Crippen LogP contribution in [0.4, 0.5) is 24.5 Å². The van der Waals surface area contributed by atoms with Crippen LogP contribution in [0, 0.1) is 0 Å². The predicted molar refractivity (Wildman–Crippen MR) is 126 cm³/mol. The Balaban J connectivity index is 1.41. The van der Waals surface area contributed by atoms with E-state index in [9.17, 15) is 18.0 Å². The lowest BCUT2D eigenvalue weighted by molar-refractivity contribution is -0.137. The normalized spacial score (nSPS) is 19.1. The summed E-state index contributed by atoms with van der Waals surface area (Å²) in [5.41, 5.74) is 1.25. The number of nitrogens with one attached hydrogen (secondary N) is 1. The first-order valence-corrected chi connectivity index (χ1v) is 11.7. The summed E-state index contributed by atoms with van der Waals surface area (Å²) in [5.74, 6) is -0.301. The van der Waals surface area contributed by atoms with Crippen molar-refractivity contribution in [1.29, 1.82) is 0 Å². The third-order valence-electron chi connectivity index (χ3n) is 6.52. The van der Waals surface area contributed by atoms with Crippen LogP contribution in [0.2, 0.25) is 0 Å². The minimum atomic E-state index is -4.48. The zero-order valence-electron chi connectivity index (χ0n) is 19.4. The third-order valence-corrected chi connectivity index (χ3v) is 6.52. The number of morpholine rings is 1. The van der Waals surface area contributed by atoms with Crippen LogP contribution in [-0.2, 0) is 22.3 Å². The number of hydrogen-bond donors (Lipinski definition) is 1. The highest BCUT2D eigenvalue weighted by Gasteiger charge is 2.32. The van der Waals surface area contributed by atoms with Gasteiger partial charge in [0.15, 0.2) is 0 Å². The van der Waals surface area contributed by atoms with Gasteiger partial charge in [-0.2, -0.15) is 13.2 Å². The van der Waals surface area contributed by atoms with Crippen molar-refractivity contribution in [2.24, 2.45) is 0 Å². The lowest BCUT2D eigenvalue weighted by atomic mass is 10.1. The van der Waals surface area contributed by atoms with Gasteiger partial charge < -0.3 is 15.0 Å². The van der Waals surface area contributed by atoms with Crippen molar-refractivity contribution in [3.05, 3.63) is 59.7 Å². The van der Waals surface area contributed by atoms with Crippen molar-refractivity contribution in [1.82, 2.24) is 9.80 Å². The van der Waals surface area contributed by atoms with Gasteiger partial charge in [0.2, 0.25) is 5.91 Å². The topological polar surface area (TPSA) is 48.1 Å². The van der Waals surface area contributed by atoms with E-state index in [1.54, 1.807) is 0 Å². The van der Waals surface area contributed by atoms with Crippen LogP contribution < -0.4 is 10.2 Å². The first-order chi connectivity index (χ1) is 16.3. The van der Waals surface area contributed by atoms with E-state index in [1.165, 1.54) is 11.6 Å². The number of piperazine rings is 1. The van der Waals surface area contributed by atoms with Crippen LogP contribution in [0.15, 0.2) is 48.5 Å². The van der Waals surface area contributed by atoms with Gasteiger partial charge >= 0.3 is 6.18 Å². The smallest absolute Gasteiger partial charge is 0.378 e. The minimum Gasteiger partial charge on any atom is -0.378 e. The molecule has 0 bridgehead atoms. The molecule has 4 rings (SSSR count). The number of rotatable bonds is 6. The maximum absolute atomic E-state index is 13.4. The van der Waals surface area contributed by atoms with Crippen molar-refractivity contribution < 1.29 is 22.7 Å². The third kappa shape index (κ3) is 6.08. The molecule has 34 heavy (non-hydrogen) atoms. The average Bonchev–Trinajstić information content (AvgIpc) is 2.84. The molecule has 0 radical (unpaired) electrons. The summed E-state index contributed by atoms with van der Waals surface area (Å²) in [4.78, 5) is 19.5. The van der Waals surface area contributed by atoms with E-state index in [-0.39, 0.29) is 11.6 Å². The minimum absolute atomic E-state index is 0.191. The Morgan fingerprint density at radius 2 is 1.68 bits per heavy atom. The van der Waals surface area contributed by atoms with Crippen molar-refractivity contribution in [2.45, 2.75) is 25.7 Å². The second-order valence-electron chi connectivity index (χ2n) is 8.79. The fraction of sp³-hybridized carbons (Fsp3) is 0.480. The summed E-state index contributed by atoms with van der Waals surface area (Å²) >= 11 is 0. The molecule has 9 heteroatoms. The molecule has 1 amide bonds. The average molecular weight is 477 g/mol. The van der Waals surface area contributed by atoms with Gasteiger partial charge in [-0.15, -0.1) is 0 Å². The number of ether oxygens (including phenoxy) is 1. The standard InChI is InChI=1S/C25H31F3N4O2/c1-19(31-11-9-30(10-12-31)18-20-5-3-2-4-6-20)24(33)29-22-17-21(25(26,27)28)7-8-23(22)32-13-15-34-16-14-32/h2-8,17,19H,9-16,18H2,1H3,(H,29,33)/t19-/m0/s1.